The zero-order valence-electron chi connectivity index (χ0n) is 13.2. The number of pyridine rings is 1. The molecule has 8 heteroatoms. The summed E-state index contributed by atoms with van der Waals surface area (Å²) >= 11 is 0. The Kier molecular flexibility index (Phi) is 3.31. The first-order chi connectivity index (χ1) is 12.1. The quantitative estimate of drug-likeness (QED) is 0.729. The highest BCUT2D eigenvalue weighted by molar-refractivity contribution is 6.23. The van der Waals surface area contributed by atoms with Gasteiger partial charge in [0.15, 0.2) is 5.65 Å². The molecule has 1 unspecified atom stereocenters. The molecule has 4 rings (SSSR count). The molecule has 0 aliphatic carbocycles. The van der Waals surface area contributed by atoms with Gasteiger partial charge in [0.05, 0.1) is 16.8 Å². The second-order valence-electron chi connectivity index (χ2n) is 5.71. The van der Waals surface area contributed by atoms with E-state index >= 15 is 0 Å². The van der Waals surface area contributed by atoms with Crippen LogP contribution in [0.4, 0.5) is 5.69 Å². The van der Waals surface area contributed by atoms with Crippen molar-refractivity contribution in [2.24, 2.45) is 0 Å². The first-order valence-electron chi connectivity index (χ1n) is 7.63. The lowest BCUT2D eigenvalue weighted by Crippen LogP contribution is -2.45. The smallest absolute Gasteiger partial charge is 0.262 e. The van der Waals surface area contributed by atoms with E-state index in [1.807, 2.05) is 0 Å². The van der Waals surface area contributed by atoms with E-state index in [0.717, 1.165) is 4.90 Å². The highest BCUT2D eigenvalue weighted by atomic mass is 16.2. The van der Waals surface area contributed by atoms with Gasteiger partial charge in [-0.05, 0) is 31.2 Å². The third-order valence-electron chi connectivity index (χ3n) is 4.15. The summed E-state index contributed by atoms with van der Waals surface area (Å²) in [5, 5.41) is 10.4. The largest absolute Gasteiger partial charge is 0.323 e. The number of fused-ring (bicyclic) bond motifs is 2. The molecule has 25 heavy (non-hydrogen) atoms. The number of carbonyl (C=O) groups excluding carboxylic acids is 3. The van der Waals surface area contributed by atoms with Crippen LogP contribution in [0.5, 0.6) is 0 Å². The summed E-state index contributed by atoms with van der Waals surface area (Å²) in [6, 6.07) is 8.98. The molecule has 3 heterocycles. The number of nitrogens with zero attached hydrogens (tertiary/aromatic N) is 4. The molecule has 2 aromatic heterocycles. The lowest BCUT2D eigenvalue weighted by molar-refractivity contribution is -0.119. The highest BCUT2D eigenvalue weighted by Gasteiger charge is 2.40. The van der Waals surface area contributed by atoms with Crippen molar-refractivity contribution >= 4 is 29.1 Å². The third-order valence-corrected chi connectivity index (χ3v) is 4.15. The number of rotatable bonds is 3. The molecule has 0 saturated heterocycles. The van der Waals surface area contributed by atoms with Crippen LogP contribution in [0.2, 0.25) is 0 Å². The van der Waals surface area contributed by atoms with Crippen molar-refractivity contribution in [3.05, 3.63) is 60.0 Å². The highest BCUT2D eigenvalue weighted by Crippen LogP contribution is 2.25. The lowest BCUT2D eigenvalue weighted by Gasteiger charge is -2.21. The Bertz CT molecular complexity index is 991. The summed E-state index contributed by atoms with van der Waals surface area (Å²) in [5.41, 5.74) is 1.79. The van der Waals surface area contributed by atoms with Gasteiger partial charge in [0.25, 0.3) is 11.8 Å². The van der Waals surface area contributed by atoms with Gasteiger partial charge in [-0.1, -0.05) is 12.1 Å². The van der Waals surface area contributed by atoms with E-state index in [2.05, 4.69) is 15.5 Å². The van der Waals surface area contributed by atoms with Crippen LogP contribution < -0.4 is 5.32 Å². The fraction of sp³-hybridized carbons (Fsp3) is 0.118. The number of amides is 3. The Balaban J connectivity index is 1.56. The summed E-state index contributed by atoms with van der Waals surface area (Å²) < 4.78 is 1.66. The molecule has 1 N–H and O–H groups in total. The number of anilines is 1. The topological polar surface area (TPSA) is 96.7 Å². The van der Waals surface area contributed by atoms with Crippen molar-refractivity contribution in [2.45, 2.75) is 13.0 Å². The summed E-state index contributed by atoms with van der Waals surface area (Å²) in [6.07, 6.45) is 3.17. The molecule has 8 nitrogen and oxygen atoms in total. The molecule has 0 saturated carbocycles. The van der Waals surface area contributed by atoms with Crippen LogP contribution in [-0.2, 0) is 4.79 Å². The fourth-order valence-corrected chi connectivity index (χ4v) is 2.82. The van der Waals surface area contributed by atoms with Gasteiger partial charge < -0.3 is 5.32 Å². The van der Waals surface area contributed by atoms with Crippen LogP contribution in [0.1, 0.15) is 27.6 Å². The third kappa shape index (κ3) is 2.35. The number of benzene rings is 1. The molecule has 0 fully saturated rings. The molecule has 124 valence electrons. The Morgan fingerprint density at radius 2 is 1.76 bits per heavy atom. The molecule has 1 aromatic carbocycles. The molecular formula is C17H13N5O3. The predicted molar refractivity (Wildman–Crippen MR) is 88.0 cm³/mol. The van der Waals surface area contributed by atoms with E-state index in [4.69, 9.17) is 0 Å². The molecule has 3 amide bonds. The average Bonchev–Trinajstić information content (AvgIpc) is 3.18. The van der Waals surface area contributed by atoms with Gasteiger partial charge >= 0.3 is 0 Å². The standard InChI is InChI=1S/C17H13N5O3/c1-10(22-16(24)12-4-2-3-5-13(12)17(22)25)15(23)19-11-6-7-14-20-18-9-21(14)8-11/h2-10H,1H3,(H,19,23). The van der Waals surface area contributed by atoms with Crippen molar-refractivity contribution in [1.29, 1.82) is 0 Å². The van der Waals surface area contributed by atoms with Gasteiger partial charge in [0.2, 0.25) is 5.91 Å². The normalized spacial score (nSPS) is 14.7. The Hall–Kier alpha value is -3.55. The number of aromatic nitrogens is 3. The zero-order chi connectivity index (χ0) is 17.6. The van der Waals surface area contributed by atoms with E-state index in [1.54, 1.807) is 47.0 Å². The number of hydrogen-bond donors (Lipinski definition) is 1. The molecular weight excluding hydrogens is 322 g/mol. The maximum Gasteiger partial charge on any atom is 0.262 e. The van der Waals surface area contributed by atoms with E-state index in [-0.39, 0.29) is 0 Å². The fourth-order valence-electron chi connectivity index (χ4n) is 2.82. The zero-order valence-corrected chi connectivity index (χ0v) is 13.2. The lowest BCUT2D eigenvalue weighted by atomic mass is 10.1. The van der Waals surface area contributed by atoms with Crippen molar-refractivity contribution < 1.29 is 14.4 Å². The minimum absolute atomic E-state index is 0.318. The van der Waals surface area contributed by atoms with E-state index in [0.29, 0.717) is 22.5 Å². The van der Waals surface area contributed by atoms with E-state index in [9.17, 15) is 14.4 Å². The van der Waals surface area contributed by atoms with Gasteiger partial charge in [0, 0.05) is 6.20 Å². The maximum atomic E-state index is 12.5. The van der Waals surface area contributed by atoms with Gasteiger partial charge in [0.1, 0.15) is 12.4 Å². The van der Waals surface area contributed by atoms with Crippen LogP contribution in [0.25, 0.3) is 5.65 Å². The first-order valence-corrected chi connectivity index (χ1v) is 7.63. The Morgan fingerprint density at radius 3 is 2.44 bits per heavy atom. The Labute approximate surface area is 142 Å². The molecule has 0 radical (unpaired) electrons. The summed E-state index contributed by atoms with van der Waals surface area (Å²) in [5.74, 6) is -1.38. The molecule has 3 aromatic rings. The number of hydrogen-bond acceptors (Lipinski definition) is 5. The molecule has 1 aliphatic heterocycles. The van der Waals surface area contributed by atoms with Crippen molar-refractivity contribution in [1.82, 2.24) is 19.5 Å². The summed E-state index contributed by atoms with van der Waals surface area (Å²) in [6.45, 7) is 1.52. The van der Waals surface area contributed by atoms with Crippen LogP contribution in [0.3, 0.4) is 0 Å². The molecule has 0 bridgehead atoms. The number of nitrogens with one attached hydrogen (secondary N) is 1. The summed E-state index contributed by atoms with van der Waals surface area (Å²) in [7, 11) is 0. The molecule has 0 spiro atoms. The van der Waals surface area contributed by atoms with Gasteiger partial charge in [-0.25, -0.2) is 0 Å². The van der Waals surface area contributed by atoms with Crippen LogP contribution in [0, 0.1) is 0 Å². The van der Waals surface area contributed by atoms with E-state index in [1.165, 1.54) is 13.3 Å². The second-order valence-corrected chi connectivity index (χ2v) is 5.71. The van der Waals surface area contributed by atoms with Crippen molar-refractivity contribution in [2.75, 3.05) is 5.32 Å². The monoisotopic (exact) mass is 335 g/mol. The van der Waals surface area contributed by atoms with Crippen molar-refractivity contribution in [3.8, 4) is 0 Å². The first kappa shape index (κ1) is 15.0. The maximum absolute atomic E-state index is 12.5. The predicted octanol–water partition coefficient (Wildman–Crippen LogP) is 1.35. The van der Waals surface area contributed by atoms with Crippen molar-refractivity contribution in [3.63, 3.8) is 0 Å². The van der Waals surface area contributed by atoms with Gasteiger partial charge in [-0.15, -0.1) is 10.2 Å². The minimum atomic E-state index is -0.941. The van der Waals surface area contributed by atoms with Crippen LogP contribution >= 0.6 is 0 Å². The van der Waals surface area contributed by atoms with Gasteiger partial charge in [-0.3, -0.25) is 23.7 Å². The SMILES string of the molecule is CC(C(=O)Nc1ccc2nncn2c1)N1C(=O)c2ccccc2C1=O. The van der Waals surface area contributed by atoms with Crippen LogP contribution in [-0.4, -0.2) is 43.3 Å². The van der Waals surface area contributed by atoms with E-state index < -0.39 is 23.8 Å². The average molecular weight is 335 g/mol. The van der Waals surface area contributed by atoms with Gasteiger partial charge in [-0.2, -0.15) is 0 Å². The number of imide groups is 1. The summed E-state index contributed by atoms with van der Waals surface area (Å²) in [4.78, 5) is 38.4. The minimum Gasteiger partial charge on any atom is -0.323 e. The Morgan fingerprint density at radius 1 is 1.08 bits per heavy atom. The molecule has 1 aliphatic rings. The number of carbonyl (C=O) groups is 3. The molecule has 1 atom stereocenters. The second kappa shape index (κ2) is 5.52. The van der Waals surface area contributed by atoms with Crippen LogP contribution in [0.15, 0.2) is 48.9 Å².